The van der Waals surface area contributed by atoms with Crippen molar-refractivity contribution in [2.75, 3.05) is 33.4 Å². The second-order valence-corrected chi connectivity index (χ2v) is 5.97. The third kappa shape index (κ3) is 4.97. The van der Waals surface area contributed by atoms with Crippen molar-refractivity contribution < 1.29 is 14.3 Å². The van der Waals surface area contributed by atoms with Crippen LogP contribution >= 0.6 is 11.6 Å². The minimum absolute atomic E-state index is 0.00290. The van der Waals surface area contributed by atoms with Crippen molar-refractivity contribution in [1.29, 1.82) is 0 Å². The molecule has 2 rings (SSSR count). The highest BCUT2D eigenvalue weighted by Gasteiger charge is 2.30. The maximum Gasteiger partial charge on any atom is 0.316 e. The largest absolute Gasteiger partial charge is 0.385 e. The van der Waals surface area contributed by atoms with Crippen LogP contribution in [0.2, 0.25) is 0 Å². The maximum atomic E-state index is 11.4. The molecule has 4 nitrogen and oxygen atoms in total. The molecule has 0 spiro atoms. The van der Waals surface area contributed by atoms with Gasteiger partial charge in [-0.15, -0.1) is 0 Å². The van der Waals surface area contributed by atoms with Gasteiger partial charge in [-0.25, -0.2) is 0 Å². The smallest absolute Gasteiger partial charge is 0.316 e. The summed E-state index contributed by atoms with van der Waals surface area (Å²) < 4.78 is 11.2. The van der Waals surface area contributed by atoms with Crippen LogP contribution in [0.5, 0.6) is 0 Å². The molecule has 1 aromatic carbocycles. The van der Waals surface area contributed by atoms with Crippen molar-refractivity contribution in [3.63, 3.8) is 0 Å². The van der Waals surface area contributed by atoms with Crippen molar-refractivity contribution in [1.82, 2.24) is 4.90 Å². The number of amides is 1. The molecule has 0 aliphatic carbocycles. The van der Waals surface area contributed by atoms with Crippen LogP contribution in [0.1, 0.15) is 30.9 Å². The van der Waals surface area contributed by atoms with Gasteiger partial charge in [-0.1, -0.05) is 30.3 Å². The fraction of sp³-hybridized carbons (Fsp3) is 0.588. The van der Waals surface area contributed by atoms with Gasteiger partial charge in [0, 0.05) is 39.3 Å². The van der Waals surface area contributed by atoms with Crippen molar-refractivity contribution in [2.45, 2.75) is 25.4 Å². The SMILES string of the molecule is COCCCOC(c1ccccc1)[C@@H]1CCCN(C(=O)Cl)C1. The lowest BCUT2D eigenvalue weighted by Gasteiger charge is -2.36. The van der Waals surface area contributed by atoms with Gasteiger partial charge in [-0.05, 0) is 36.4 Å². The van der Waals surface area contributed by atoms with E-state index in [9.17, 15) is 4.79 Å². The lowest BCUT2D eigenvalue weighted by atomic mass is 9.88. The highest BCUT2D eigenvalue weighted by atomic mass is 35.5. The summed E-state index contributed by atoms with van der Waals surface area (Å²) in [5.41, 5.74) is 1.16. The van der Waals surface area contributed by atoms with E-state index in [1.54, 1.807) is 12.0 Å². The highest BCUT2D eigenvalue weighted by molar-refractivity contribution is 6.62. The quantitative estimate of drug-likeness (QED) is 0.434. The zero-order valence-electron chi connectivity index (χ0n) is 13.0. The number of ether oxygens (including phenoxy) is 2. The van der Waals surface area contributed by atoms with E-state index in [0.717, 1.165) is 31.4 Å². The number of hydrogen-bond donors (Lipinski definition) is 0. The summed E-state index contributed by atoms with van der Waals surface area (Å²) in [7, 11) is 1.69. The molecule has 1 unspecified atom stereocenters. The second-order valence-electron chi connectivity index (χ2n) is 5.65. The molecule has 5 heteroatoms. The van der Waals surface area contributed by atoms with Crippen LogP contribution in [-0.4, -0.2) is 43.7 Å². The molecule has 122 valence electrons. The highest BCUT2D eigenvalue weighted by Crippen LogP contribution is 2.33. The first-order valence-electron chi connectivity index (χ1n) is 7.82. The van der Waals surface area contributed by atoms with Gasteiger partial charge in [0.2, 0.25) is 0 Å². The normalized spacial score (nSPS) is 19.9. The van der Waals surface area contributed by atoms with Crippen molar-refractivity contribution >= 4 is 17.0 Å². The number of halogens is 1. The molecule has 22 heavy (non-hydrogen) atoms. The lowest BCUT2D eigenvalue weighted by molar-refractivity contribution is -0.0155. The van der Waals surface area contributed by atoms with Gasteiger partial charge in [-0.3, -0.25) is 4.79 Å². The molecule has 1 heterocycles. The number of benzene rings is 1. The Bertz CT molecular complexity index is 454. The van der Waals surface area contributed by atoms with Crippen LogP contribution in [0.15, 0.2) is 30.3 Å². The summed E-state index contributed by atoms with van der Waals surface area (Å²) in [6, 6.07) is 10.2. The van der Waals surface area contributed by atoms with Gasteiger partial charge in [0.25, 0.3) is 0 Å². The molecular formula is C17H24ClNO3. The molecule has 0 bridgehead atoms. The Labute approximate surface area is 137 Å². The molecule has 1 fully saturated rings. The fourth-order valence-corrected chi connectivity index (χ4v) is 3.13. The standard InChI is InChI=1S/C17H24ClNO3/c1-21-11-6-12-22-16(14-7-3-2-4-8-14)15-9-5-10-19(13-15)17(18)20/h2-4,7-8,15-16H,5-6,9-13H2,1H3/t15-,16?/m1/s1. The minimum Gasteiger partial charge on any atom is -0.385 e. The van der Waals surface area contributed by atoms with E-state index in [1.807, 2.05) is 18.2 Å². The minimum atomic E-state index is -0.365. The Balaban J connectivity index is 2.04. The molecule has 0 saturated carbocycles. The van der Waals surface area contributed by atoms with Crippen LogP contribution in [0.3, 0.4) is 0 Å². The average molecular weight is 326 g/mol. The number of nitrogens with zero attached hydrogens (tertiary/aromatic N) is 1. The van der Waals surface area contributed by atoms with Crippen molar-refractivity contribution in [3.8, 4) is 0 Å². The van der Waals surface area contributed by atoms with Gasteiger partial charge < -0.3 is 14.4 Å². The van der Waals surface area contributed by atoms with Gasteiger partial charge >= 0.3 is 5.37 Å². The number of piperidine rings is 1. The molecule has 1 amide bonds. The number of hydrogen-bond acceptors (Lipinski definition) is 3. The summed E-state index contributed by atoms with van der Waals surface area (Å²) in [6.07, 6.45) is 2.88. The van der Waals surface area contributed by atoms with Crippen LogP contribution in [0.4, 0.5) is 4.79 Å². The predicted molar refractivity (Wildman–Crippen MR) is 87.2 cm³/mol. The zero-order chi connectivity index (χ0) is 15.8. The van der Waals surface area contributed by atoms with Gasteiger partial charge in [-0.2, -0.15) is 0 Å². The Morgan fingerprint density at radius 2 is 2.14 bits per heavy atom. The number of rotatable bonds is 7. The van der Waals surface area contributed by atoms with E-state index in [0.29, 0.717) is 19.8 Å². The fourth-order valence-electron chi connectivity index (χ4n) is 2.98. The predicted octanol–water partition coefficient (Wildman–Crippen LogP) is 3.85. The molecule has 1 aliphatic heterocycles. The zero-order valence-corrected chi connectivity index (χ0v) is 13.8. The monoisotopic (exact) mass is 325 g/mol. The van der Waals surface area contributed by atoms with Gasteiger partial charge in [0.15, 0.2) is 0 Å². The van der Waals surface area contributed by atoms with Gasteiger partial charge in [0.1, 0.15) is 0 Å². The van der Waals surface area contributed by atoms with E-state index < -0.39 is 0 Å². The van der Waals surface area contributed by atoms with Crippen molar-refractivity contribution in [2.24, 2.45) is 5.92 Å². The first-order valence-corrected chi connectivity index (χ1v) is 8.20. The summed E-state index contributed by atoms with van der Waals surface area (Å²) in [4.78, 5) is 13.1. The summed E-state index contributed by atoms with van der Waals surface area (Å²) in [5.74, 6) is 0.279. The Hall–Kier alpha value is -1.10. The number of likely N-dealkylation sites (tertiary alicyclic amines) is 1. The Morgan fingerprint density at radius 3 is 2.82 bits per heavy atom. The first kappa shape index (κ1) is 17.3. The maximum absolute atomic E-state index is 11.4. The molecule has 1 saturated heterocycles. The average Bonchev–Trinajstić information content (AvgIpc) is 2.56. The second kappa shape index (κ2) is 9.13. The topological polar surface area (TPSA) is 38.8 Å². The molecule has 2 atom stereocenters. The van der Waals surface area contributed by atoms with E-state index in [-0.39, 0.29) is 17.4 Å². The molecule has 1 aromatic rings. The number of methoxy groups -OCH3 is 1. The summed E-state index contributed by atoms with van der Waals surface area (Å²) in [6.45, 7) is 2.74. The molecule has 1 aliphatic rings. The number of carbonyl (C=O) groups excluding carboxylic acids is 1. The van der Waals surface area contributed by atoms with Crippen molar-refractivity contribution in [3.05, 3.63) is 35.9 Å². The van der Waals surface area contributed by atoms with Gasteiger partial charge in [0.05, 0.1) is 6.10 Å². The summed E-state index contributed by atoms with van der Waals surface area (Å²) in [5, 5.41) is -0.365. The Morgan fingerprint density at radius 1 is 1.36 bits per heavy atom. The van der Waals surface area contributed by atoms with Crippen LogP contribution in [0, 0.1) is 5.92 Å². The lowest BCUT2D eigenvalue weighted by Crippen LogP contribution is -2.39. The molecule has 0 N–H and O–H groups in total. The van der Waals surface area contributed by atoms with E-state index in [2.05, 4.69) is 12.1 Å². The third-order valence-corrected chi connectivity index (χ3v) is 4.29. The third-order valence-electron chi connectivity index (χ3n) is 4.05. The molecule has 0 aromatic heterocycles. The van der Waals surface area contributed by atoms with E-state index in [1.165, 1.54) is 0 Å². The Kier molecular flexibility index (Phi) is 7.16. The van der Waals surface area contributed by atoms with E-state index >= 15 is 0 Å². The van der Waals surface area contributed by atoms with Crippen LogP contribution < -0.4 is 0 Å². The number of carbonyl (C=O) groups is 1. The molecule has 0 radical (unpaired) electrons. The van der Waals surface area contributed by atoms with E-state index in [4.69, 9.17) is 21.1 Å². The van der Waals surface area contributed by atoms with Crippen LogP contribution in [0.25, 0.3) is 0 Å². The first-order chi connectivity index (χ1) is 10.7. The molecular weight excluding hydrogens is 302 g/mol. The van der Waals surface area contributed by atoms with Crippen LogP contribution in [-0.2, 0) is 9.47 Å². The summed E-state index contributed by atoms with van der Waals surface area (Å²) >= 11 is 5.65.